The van der Waals surface area contributed by atoms with E-state index in [0.29, 0.717) is 0 Å². The first-order valence-corrected chi connectivity index (χ1v) is 8.55. The number of nitrogens with zero attached hydrogens (tertiary/aromatic N) is 1. The lowest BCUT2D eigenvalue weighted by Crippen LogP contribution is -2.46. The highest BCUT2D eigenvalue weighted by molar-refractivity contribution is 6.11. The molecule has 0 aliphatic carbocycles. The number of phenols is 1. The van der Waals surface area contributed by atoms with Crippen LogP contribution in [0.1, 0.15) is 10.4 Å². The molecule has 0 bridgehead atoms. The van der Waals surface area contributed by atoms with Gasteiger partial charge in [0.2, 0.25) is 0 Å². The molecule has 1 aliphatic rings. The number of rotatable bonds is 2. The van der Waals surface area contributed by atoms with E-state index in [0.717, 1.165) is 53.6 Å². The first kappa shape index (κ1) is 15.7. The summed E-state index contributed by atoms with van der Waals surface area (Å²) in [6, 6.07) is 19.1. The van der Waals surface area contributed by atoms with Crippen LogP contribution in [0.5, 0.6) is 5.75 Å². The number of amides is 1. The maximum absolute atomic E-state index is 13.0. The van der Waals surface area contributed by atoms with Crippen LogP contribution in [0.4, 0.5) is 0 Å². The van der Waals surface area contributed by atoms with Gasteiger partial charge in [-0.3, -0.25) is 4.79 Å². The Hall–Kier alpha value is -2.85. The summed E-state index contributed by atoms with van der Waals surface area (Å²) in [6.45, 7) is 3.15. The van der Waals surface area contributed by atoms with Gasteiger partial charge in [-0.05, 0) is 40.1 Å². The maximum atomic E-state index is 13.0. The second-order valence-electron chi connectivity index (χ2n) is 6.30. The van der Waals surface area contributed by atoms with Crippen molar-refractivity contribution in [2.75, 3.05) is 26.2 Å². The van der Waals surface area contributed by atoms with E-state index < -0.39 is 0 Å². The normalized spacial score (nSPS) is 14.6. The van der Waals surface area contributed by atoms with Crippen LogP contribution >= 0.6 is 0 Å². The molecular weight excluding hydrogens is 312 g/mol. The standard InChI is InChI=1S/C21H20N2O2/c24-16-5-3-4-15(14-16)17-8-9-20(19-7-2-1-6-18(17)19)21(25)23-12-10-22-11-13-23/h1-9,14,22,24H,10-13H2. The summed E-state index contributed by atoms with van der Waals surface area (Å²) in [6.07, 6.45) is 0. The molecule has 1 aliphatic heterocycles. The number of benzene rings is 3. The van der Waals surface area contributed by atoms with Gasteiger partial charge in [0.15, 0.2) is 0 Å². The van der Waals surface area contributed by atoms with E-state index in [1.165, 1.54) is 0 Å². The minimum atomic E-state index is 0.0835. The van der Waals surface area contributed by atoms with Crippen molar-refractivity contribution in [2.24, 2.45) is 0 Å². The van der Waals surface area contributed by atoms with Crippen molar-refractivity contribution in [3.05, 3.63) is 66.2 Å². The molecule has 4 rings (SSSR count). The molecule has 1 heterocycles. The average molecular weight is 332 g/mol. The van der Waals surface area contributed by atoms with E-state index in [1.807, 2.05) is 53.4 Å². The monoisotopic (exact) mass is 332 g/mol. The molecule has 4 heteroatoms. The number of carbonyl (C=O) groups excluding carboxylic acids is 1. The number of carbonyl (C=O) groups is 1. The number of hydrogen-bond donors (Lipinski definition) is 2. The van der Waals surface area contributed by atoms with E-state index in [4.69, 9.17) is 0 Å². The Kier molecular flexibility index (Phi) is 4.12. The Morgan fingerprint density at radius 2 is 1.68 bits per heavy atom. The Morgan fingerprint density at radius 1 is 0.920 bits per heavy atom. The molecule has 0 spiro atoms. The topological polar surface area (TPSA) is 52.6 Å². The van der Waals surface area contributed by atoms with Crippen LogP contribution < -0.4 is 5.32 Å². The van der Waals surface area contributed by atoms with Gasteiger partial charge in [0, 0.05) is 31.7 Å². The van der Waals surface area contributed by atoms with Gasteiger partial charge in [-0.15, -0.1) is 0 Å². The van der Waals surface area contributed by atoms with Crippen LogP contribution in [-0.4, -0.2) is 42.1 Å². The van der Waals surface area contributed by atoms with Crippen LogP contribution in [0.15, 0.2) is 60.7 Å². The second-order valence-corrected chi connectivity index (χ2v) is 6.30. The van der Waals surface area contributed by atoms with Gasteiger partial charge >= 0.3 is 0 Å². The quantitative estimate of drug-likeness (QED) is 0.757. The molecule has 0 saturated carbocycles. The molecular formula is C21H20N2O2. The predicted molar refractivity (Wildman–Crippen MR) is 99.8 cm³/mol. The molecule has 1 amide bonds. The summed E-state index contributed by atoms with van der Waals surface area (Å²) in [5.41, 5.74) is 2.70. The van der Waals surface area contributed by atoms with E-state index in [9.17, 15) is 9.90 Å². The number of aromatic hydroxyl groups is 1. The Balaban J connectivity index is 1.83. The second kappa shape index (κ2) is 6.57. The molecule has 3 aromatic carbocycles. The Morgan fingerprint density at radius 3 is 2.44 bits per heavy atom. The molecule has 2 N–H and O–H groups in total. The van der Waals surface area contributed by atoms with E-state index >= 15 is 0 Å². The SMILES string of the molecule is O=C(c1ccc(-c2cccc(O)c2)c2ccccc12)N1CCNCC1. The van der Waals surface area contributed by atoms with Crippen LogP contribution in [0, 0.1) is 0 Å². The minimum Gasteiger partial charge on any atom is -0.508 e. The lowest BCUT2D eigenvalue weighted by atomic mass is 9.94. The van der Waals surface area contributed by atoms with Crippen molar-refractivity contribution >= 4 is 16.7 Å². The van der Waals surface area contributed by atoms with Crippen molar-refractivity contribution in [3.8, 4) is 16.9 Å². The number of hydrogen-bond acceptors (Lipinski definition) is 3. The van der Waals surface area contributed by atoms with Crippen LogP contribution in [-0.2, 0) is 0 Å². The largest absolute Gasteiger partial charge is 0.508 e. The van der Waals surface area contributed by atoms with Gasteiger partial charge in [0.25, 0.3) is 5.91 Å². The molecule has 1 saturated heterocycles. The highest BCUT2D eigenvalue weighted by Crippen LogP contribution is 2.32. The molecule has 126 valence electrons. The maximum Gasteiger partial charge on any atom is 0.254 e. The van der Waals surface area contributed by atoms with E-state index in [2.05, 4.69) is 5.32 Å². The number of nitrogens with one attached hydrogen (secondary N) is 1. The third kappa shape index (κ3) is 2.96. The van der Waals surface area contributed by atoms with Crippen molar-refractivity contribution < 1.29 is 9.90 Å². The third-order valence-electron chi connectivity index (χ3n) is 4.72. The van der Waals surface area contributed by atoms with Crippen molar-refractivity contribution in [2.45, 2.75) is 0 Å². The summed E-state index contributed by atoms with van der Waals surface area (Å²) < 4.78 is 0. The fraction of sp³-hybridized carbons (Fsp3) is 0.190. The van der Waals surface area contributed by atoms with E-state index in [1.54, 1.807) is 12.1 Å². The summed E-state index contributed by atoms with van der Waals surface area (Å²) in [5.74, 6) is 0.322. The molecule has 1 fully saturated rings. The molecule has 3 aromatic rings. The molecule has 0 atom stereocenters. The zero-order chi connectivity index (χ0) is 17.2. The van der Waals surface area contributed by atoms with Gasteiger partial charge in [0.1, 0.15) is 5.75 Å². The smallest absolute Gasteiger partial charge is 0.254 e. The minimum absolute atomic E-state index is 0.0835. The fourth-order valence-corrected chi connectivity index (χ4v) is 3.45. The van der Waals surface area contributed by atoms with Crippen molar-refractivity contribution in [1.82, 2.24) is 10.2 Å². The highest BCUT2D eigenvalue weighted by atomic mass is 16.3. The van der Waals surface area contributed by atoms with Crippen LogP contribution in [0.25, 0.3) is 21.9 Å². The molecule has 0 aromatic heterocycles. The Bertz CT molecular complexity index is 930. The zero-order valence-corrected chi connectivity index (χ0v) is 13.9. The van der Waals surface area contributed by atoms with Gasteiger partial charge in [-0.1, -0.05) is 42.5 Å². The van der Waals surface area contributed by atoms with Gasteiger partial charge in [-0.2, -0.15) is 0 Å². The van der Waals surface area contributed by atoms with Gasteiger partial charge in [0.05, 0.1) is 0 Å². The number of piperazine rings is 1. The molecule has 0 radical (unpaired) electrons. The zero-order valence-electron chi connectivity index (χ0n) is 13.9. The lowest BCUT2D eigenvalue weighted by molar-refractivity contribution is 0.0738. The number of phenolic OH excluding ortho intramolecular Hbond substituents is 1. The summed E-state index contributed by atoms with van der Waals surface area (Å²) in [5, 5.41) is 15.0. The summed E-state index contributed by atoms with van der Waals surface area (Å²) in [7, 11) is 0. The van der Waals surface area contributed by atoms with Crippen molar-refractivity contribution in [1.29, 1.82) is 0 Å². The summed E-state index contributed by atoms with van der Waals surface area (Å²) >= 11 is 0. The third-order valence-corrected chi connectivity index (χ3v) is 4.72. The van der Waals surface area contributed by atoms with Crippen LogP contribution in [0.3, 0.4) is 0 Å². The molecule has 25 heavy (non-hydrogen) atoms. The van der Waals surface area contributed by atoms with E-state index in [-0.39, 0.29) is 11.7 Å². The number of fused-ring (bicyclic) bond motifs is 1. The van der Waals surface area contributed by atoms with Gasteiger partial charge in [-0.25, -0.2) is 0 Å². The fourth-order valence-electron chi connectivity index (χ4n) is 3.45. The van der Waals surface area contributed by atoms with Crippen molar-refractivity contribution in [3.63, 3.8) is 0 Å². The predicted octanol–water partition coefficient (Wildman–Crippen LogP) is 3.26. The molecule has 0 unspecified atom stereocenters. The first-order chi connectivity index (χ1) is 12.2. The average Bonchev–Trinajstić information content (AvgIpc) is 2.67. The Labute approximate surface area is 146 Å². The first-order valence-electron chi connectivity index (χ1n) is 8.55. The molecule has 4 nitrogen and oxygen atoms in total. The highest BCUT2D eigenvalue weighted by Gasteiger charge is 2.20. The van der Waals surface area contributed by atoms with Gasteiger partial charge < -0.3 is 15.3 Å². The van der Waals surface area contributed by atoms with Crippen LogP contribution in [0.2, 0.25) is 0 Å². The summed E-state index contributed by atoms with van der Waals surface area (Å²) in [4.78, 5) is 14.9. The lowest BCUT2D eigenvalue weighted by Gasteiger charge is -2.28.